The SMILES string of the molecule is N[C@H](CCO)c1c(Cl)cnc(Cl)c1Cl. The summed E-state index contributed by atoms with van der Waals surface area (Å²) < 4.78 is 0. The van der Waals surface area contributed by atoms with Crippen LogP contribution in [0.15, 0.2) is 6.20 Å². The number of nitrogens with zero attached hydrogens (tertiary/aromatic N) is 1. The predicted octanol–water partition coefficient (Wildman–Crippen LogP) is 2.42. The van der Waals surface area contributed by atoms with E-state index in [0.717, 1.165) is 0 Å². The molecule has 1 aromatic rings. The Morgan fingerprint density at radius 3 is 2.64 bits per heavy atom. The highest BCUT2D eigenvalue weighted by atomic mass is 35.5. The van der Waals surface area contributed by atoms with Crippen molar-refractivity contribution in [3.05, 3.63) is 27.0 Å². The molecule has 14 heavy (non-hydrogen) atoms. The van der Waals surface area contributed by atoms with Crippen molar-refractivity contribution in [1.29, 1.82) is 0 Å². The van der Waals surface area contributed by atoms with E-state index >= 15 is 0 Å². The maximum absolute atomic E-state index is 8.73. The van der Waals surface area contributed by atoms with E-state index in [2.05, 4.69) is 4.98 Å². The third-order valence-electron chi connectivity index (χ3n) is 1.78. The molecule has 78 valence electrons. The fraction of sp³-hybridized carbons (Fsp3) is 0.375. The van der Waals surface area contributed by atoms with E-state index in [-0.39, 0.29) is 16.8 Å². The molecule has 0 amide bonds. The molecule has 0 aliphatic heterocycles. The molecule has 0 aromatic carbocycles. The molecule has 3 nitrogen and oxygen atoms in total. The molecule has 0 radical (unpaired) electrons. The van der Waals surface area contributed by atoms with Crippen LogP contribution in [-0.2, 0) is 0 Å². The van der Waals surface area contributed by atoms with Gasteiger partial charge in [-0.2, -0.15) is 0 Å². The Morgan fingerprint density at radius 2 is 2.07 bits per heavy atom. The van der Waals surface area contributed by atoms with Gasteiger partial charge in [-0.05, 0) is 6.42 Å². The van der Waals surface area contributed by atoms with Gasteiger partial charge in [0, 0.05) is 24.4 Å². The summed E-state index contributed by atoms with van der Waals surface area (Å²) in [6.45, 7) is -0.0340. The van der Waals surface area contributed by atoms with E-state index in [4.69, 9.17) is 45.6 Å². The van der Waals surface area contributed by atoms with Crippen molar-refractivity contribution in [2.45, 2.75) is 12.5 Å². The predicted molar refractivity (Wildman–Crippen MR) is 57.9 cm³/mol. The van der Waals surface area contributed by atoms with Crippen LogP contribution < -0.4 is 5.73 Å². The van der Waals surface area contributed by atoms with Crippen molar-refractivity contribution in [1.82, 2.24) is 4.98 Å². The average Bonchev–Trinajstić information content (AvgIpc) is 2.13. The largest absolute Gasteiger partial charge is 0.396 e. The molecular weight excluding hydrogens is 246 g/mol. The Hall–Kier alpha value is -0.0600. The van der Waals surface area contributed by atoms with Crippen LogP contribution in [-0.4, -0.2) is 16.7 Å². The van der Waals surface area contributed by atoms with Crippen molar-refractivity contribution in [2.24, 2.45) is 5.73 Å². The van der Waals surface area contributed by atoms with Crippen molar-refractivity contribution >= 4 is 34.8 Å². The van der Waals surface area contributed by atoms with Crippen molar-refractivity contribution in [2.75, 3.05) is 6.61 Å². The summed E-state index contributed by atoms with van der Waals surface area (Å²) >= 11 is 17.5. The topological polar surface area (TPSA) is 59.1 Å². The summed E-state index contributed by atoms with van der Waals surface area (Å²) in [6.07, 6.45) is 1.77. The van der Waals surface area contributed by atoms with Crippen LogP contribution in [0.5, 0.6) is 0 Å². The summed E-state index contributed by atoms with van der Waals surface area (Å²) in [6, 6.07) is -0.430. The van der Waals surface area contributed by atoms with Crippen LogP contribution in [0, 0.1) is 0 Å². The number of hydrogen-bond donors (Lipinski definition) is 2. The molecular formula is C8H9Cl3N2O. The van der Waals surface area contributed by atoms with Gasteiger partial charge in [0.2, 0.25) is 0 Å². The highest BCUT2D eigenvalue weighted by Crippen LogP contribution is 2.33. The third kappa shape index (κ3) is 2.49. The number of pyridine rings is 1. The lowest BCUT2D eigenvalue weighted by molar-refractivity contribution is 0.276. The average molecular weight is 256 g/mol. The van der Waals surface area contributed by atoms with Gasteiger partial charge in [-0.3, -0.25) is 0 Å². The number of hydrogen-bond acceptors (Lipinski definition) is 3. The minimum Gasteiger partial charge on any atom is -0.396 e. The molecule has 0 aliphatic rings. The van der Waals surface area contributed by atoms with E-state index in [1.54, 1.807) is 0 Å². The zero-order valence-electron chi connectivity index (χ0n) is 7.17. The van der Waals surface area contributed by atoms with Gasteiger partial charge >= 0.3 is 0 Å². The molecule has 0 saturated carbocycles. The molecule has 0 spiro atoms. The molecule has 1 rings (SSSR count). The van der Waals surface area contributed by atoms with Crippen LogP contribution in [0.2, 0.25) is 15.2 Å². The monoisotopic (exact) mass is 254 g/mol. The standard InChI is InChI=1S/C8H9Cl3N2O/c9-4-3-13-8(11)7(10)6(4)5(12)1-2-14/h3,5,14H,1-2,12H2/t5-/m1/s1. The maximum Gasteiger partial charge on any atom is 0.148 e. The molecule has 0 aliphatic carbocycles. The highest BCUT2D eigenvalue weighted by molar-refractivity contribution is 6.43. The van der Waals surface area contributed by atoms with E-state index < -0.39 is 6.04 Å². The lowest BCUT2D eigenvalue weighted by atomic mass is 10.1. The molecule has 1 atom stereocenters. The van der Waals surface area contributed by atoms with Crippen LogP contribution in [0.4, 0.5) is 0 Å². The third-order valence-corrected chi connectivity index (χ3v) is 2.84. The van der Waals surface area contributed by atoms with Gasteiger partial charge in [-0.1, -0.05) is 34.8 Å². The first kappa shape index (κ1) is 12.0. The number of halogens is 3. The first-order valence-electron chi connectivity index (χ1n) is 3.93. The first-order valence-corrected chi connectivity index (χ1v) is 5.07. The van der Waals surface area contributed by atoms with Gasteiger partial charge in [0.25, 0.3) is 0 Å². The van der Waals surface area contributed by atoms with Crippen molar-refractivity contribution in [3.63, 3.8) is 0 Å². The Kier molecular flexibility index (Phi) is 4.41. The summed E-state index contributed by atoms with van der Waals surface area (Å²) in [5.41, 5.74) is 6.29. The summed E-state index contributed by atoms with van der Waals surface area (Å²) in [7, 11) is 0. The molecule has 0 fully saturated rings. The second kappa shape index (κ2) is 5.14. The van der Waals surface area contributed by atoms with Crippen LogP contribution in [0.1, 0.15) is 18.0 Å². The molecule has 0 saturated heterocycles. The first-order chi connectivity index (χ1) is 6.57. The number of aromatic nitrogens is 1. The lowest BCUT2D eigenvalue weighted by Gasteiger charge is -2.14. The lowest BCUT2D eigenvalue weighted by Crippen LogP contribution is -2.13. The Labute approximate surface area is 96.8 Å². The van der Waals surface area contributed by atoms with Gasteiger partial charge in [0.1, 0.15) is 5.15 Å². The smallest absolute Gasteiger partial charge is 0.148 e. The van der Waals surface area contributed by atoms with Crippen LogP contribution >= 0.6 is 34.8 Å². The number of rotatable bonds is 3. The highest BCUT2D eigenvalue weighted by Gasteiger charge is 2.16. The minimum atomic E-state index is -0.430. The van der Waals surface area contributed by atoms with Crippen LogP contribution in [0.3, 0.4) is 0 Å². The van der Waals surface area contributed by atoms with Gasteiger partial charge in [0.05, 0.1) is 10.0 Å². The van der Waals surface area contributed by atoms with E-state index in [0.29, 0.717) is 17.0 Å². The van der Waals surface area contributed by atoms with Crippen molar-refractivity contribution in [3.8, 4) is 0 Å². The molecule has 6 heteroatoms. The quantitative estimate of drug-likeness (QED) is 0.816. The fourth-order valence-electron chi connectivity index (χ4n) is 1.08. The molecule has 0 unspecified atom stereocenters. The Balaban J connectivity index is 3.11. The van der Waals surface area contributed by atoms with E-state index in [9.17, 15) is 0 Å². The Morgan fingerprint density at radius 1 is 1.43 bits per heavy atom. The normalized spacial score (nSPS) is 12.9. The molecule has 3 N–H and O–H groups in total. The van der Waals surface area contributed by atoms with E-state index in [1.165, 1.54) is 6.20 Å². The van der Waals surface area contributed by atoms with Gasteiger partial charge in [-0.15, -0.1) is 0 Å². The molecule has 1 aromatic heterocycles. The van der Waals surface area contributed by atoms with Gasteiger partial charge in [-0.25, -0.2) is 4.98 Å². The Bertz CT molecular complexity index is 333. The zero-order valence-corrected chi connectivity index (χ0v) is 9.44. The summed E-state index contributed by atoms with van der Waals surface area (Å²) in [4.78, 5) is 3.76. The maximum atomic E-state index is 8.73. The molecule has 0 bridgehead atoms. The second-order valence-electron chi connectivity index (χ2n) is 2.74. The summed E-state index contributed by atoms with van der Waals surface area (Å²) in [5, 5.41) is 9.51. The number of aliphatic hydroxyl groups is 1. The zero-order chi connectivity index (χ0) is 10.7. The summed E-state index contributed by atoms with van der Waals surface area (Å²) in [5.74, 6) is 0. The van der Waals surface area contributed by atoms with Gasteiger partial charge < -0.3 is 10.8 Å². The van der Waals surface area contributed by atoms with Gasteiger partial charge in [0.15, 0.2) is 0 Å². The van der Waals surface area contributed by atoms with E-state index in [1.807, 2.05) is 0 Å². The number of aliphatic hydroxyl groups excluding tert-OH is 1. The minimum absolute atomic E-state index is 0.0340. The molecule has 1 heterocycles. The second-order valence-corrected chi connectivity index (χ2v) is 3.89. The van der Waals surface area contributed by atoms with Crippen molar-refractivity contribution < 1.29 is 5.11 Å². The fourth-order valence-corrected chi connectivity index (χ4v) is 1.85. The van der Waals surface area contributed by atoms with Crippen LogP contribution in [0.25, 0.3) is 0 Å². The number of nitrogens with two attached hydrogens (primary N) is 1.